The minimum absolute atomic E-state index is 0. The number of carbonyl (C=O) groups is 1. The molecule has 0 spiro atoms. The maximum atomic E-state index is 12.6. The van der Waals surface area contributed by atoms with Crippen molar-refractivity contribution < 1.29 is 14.3 Å². The van der Waals surface area contributed by atoms with Crippen LogP contribution >= 0.6 is 12.4 Å². The molecular formula is C19H25ClN2O3. The lowest BCUT2D eigenvalue weighted by molar-refractivity contribution is 0.0939. The summed E-state index contributed by atoms with van der Waals surface area (Å²) in [6.07, 6.45) is 0. The summed E-state index contributed by atoms with van der Waals surface area (Å²) in [6, 6.07) is 8.94. The number of anilines is 1. The van der Waals surface area contributed by atoms with E-state index < -0.39 is 0 Å². The molecule has 0 aliphatic carbocycles. The summed E-state index contributed by atoms with van der Waals surface area (Å²) in [5, 5.41) is 3.02. The second kappa shape index (κ2) is 8.62. The van der Waals surface area contributed by atoms with E-state index in [2.05, 4.69) is 5.32 Å². The molecule has 6 heteroatoms. The number of nitrogens with two attached hydrogens (primary N) is 1. The Morgan fingerprint density at radius 2 is 1.64 bits per heavy atom. The van der Waals surface area contributed by atoms with Crippen LogP contribution in [-0.4, -0.2) is 20.1 Å². The van der Waals surface area contributed by atoms with Gasteiger partial charge in [-0.1, -0.05) is 6.07 Å². The zero-order chi connectivity index (χ0) is 17.9. The van der Waals surface area contributed by atoms with Gasteiger partial charge in [0, 0.05) is 11.3 Å². The lowest BCUT2D eigenvalue weighted by Crippen LogP contribution is -2.27. The molecule has 5 nitrogen and oxygen atoms in total. The van der Waals surface area contributed by atoms with Gasteiger partial charge in [-0.05, 0) is 61.7 Å². The Balaban J connectivity index is 0.00000312. The number of rotatable bonds is 5. The number of hydrogen-bond acceptors (Lipinski definition) is 4. The van der Waals surface area contributed by atoms with E-state index in [1.165, 1.54) is 0 Å². The highest BCUT2D eigenvalue weighted by molar-refractivity contribution is 5.96. The molecule has 0 heterocycles. The van der Waals surface area contributed by atoms with Crippen LogP contribution in [0.4, 0.5) is 5.69 Å². The first kappa shape index (κ1) is 20.6. The van der Waals surface area contributed by atoms with Gasteiger partial charge in [0.1, 0.15) is 0 Å². The van der Waals surface area contributed by atoms with Crippen LogP contribution in [0.25, 0.3) is 0 Å². The largest absolute Gasteiger partial charge is 0.493 e. The highest BCUT2D eigenvalue weighted by atomic mass is 35.5. The number of halogens is 1. The standard InChI is InChI=1S/C19H24N2O3.ClH/c1-11-6-7-14(20)9-16(11)19(22)21-13(3)15-10-18(24-5)17(23-4)8-12(15)2;/h6-10,13H,20H2,1-5H3,(H,21,22);1H. The second-order valence-corrected chi connectivity index (χ2v) is 5.83. The first-order chi connectivity index (χ1) is 11.4. The topological polar surface area (TPSA) is 73.6 Å². The van der Waals surface area contributed by atoms with Gasteiger partial charge in [0.15, 0.2) is 11.5 Å². The third-order valence-electron chi connectivity index (χ3n) is 4.09. The lowest BCUT2D eigenvalue weighted by Gasteiger charge is -2.19. The van der Waals surface area contributed by atoms with Gasteiger partial charge in [0.2, 0.25) is 0 Å². The minimum atomic E-state index is -0.182. The van der Waals surface area contributed by atoms with Crippen molar-refractivity contribution in [1.29, 1.82) is 0 Å². The van der Waals surface area contributed by atoms with Crippen LogP contribution in [0.2, 0.25) is 0 Å². The van der Waals surface area contributed by atoms with Crippen LogP contribution in [0, 0.1) is 13.8 Å². The highest BCUT2D eigenvalue weighted by Gasteiger charge is 2.17. The SMILES string of the molecule is COc1cc(C)c(C(C)NC(=O)c2cc(N)ccc2C)cc1OC.Cl. The smallest absolute Gasteiger partial charge is 0.252 e. The first-order valence-corrected chi connectivity index (χ1v) is 7.76. The number of benzene rings is 2. The monoisotopic (exact) mass is 364 g/mol. The van der Waals surface area contributed by atoms with Crippen molar-refractivity contribution in [3.63, 3.8) is 0 Å². The molecule has 25 heavy (non-hydrogen) atoms. The molecule has 0 bridgehead atoms. The second-order valence-electron chi connectivity index (χ2n) is 5.83. The Kier molecular flexibility index (Phi) is 7.12. The van der Waals surface area contributed by atoms with Crippen molar-refractivity contribution >= 4 is 24.0 Å². The Hall–Kier alpha value is -2.40. The van der Waals surface area contributed by atoms with Gasteiger partial charge < -0.3 is 20.5 Å². The number of nitrogens with one attached hydrogen (secondary N) is 1. The van der Waals surface area contributed by atoms with E-state index >= 15 is 0 Å². The Morgan fingerprint density at radius 1 is 1.04 bits per heavy atom. The number of ether oxygens (including phenoxy) is 2. The van der Waals surface area contributed by atoms with Crippen LogP contribution in [0.1, 0.15) is 40.0 Å². The van der Waals surface area contributed by atoms with Crippen molar-refractivity contribution in [1.82, 2.24) is 5.32 Å². The average molecular weight is 365 g/mol. The van der Waals surface area contributed by atoms with Gasteiger partial charge in [0.05, 0.1) is 20.3 Å². The van der Waals surface area contributed by atoms with Crippen LogP contribution in [0.5, 0.6) is 11.5 Å². The van der Waals surface area contributed by atoms with Gasteiger partial charge >= 0.3 is 0 Å². The number of amides is 1. The third kappa shape index (κ3) is 4.57. The number of methoxy groups -OCH3 is 2. The Bertz CT molecular complexity index is 763. The zero-order valence-electron chi connectivity index (χ0n) is 15.2. The molecule has 1 unspecified atom stereocenters. The molecule has 136 valence electrons. The van der Waals surface area contributed by atoms with Gasteiger partial charge in [-0.15, -0.1) is 12.4 Å². The van der Waals surface area contributed by atoms with Crippen molar-refractivity contribution in [3.8, 4) is 11.5 Å². The summed E-state index contributed by atoms with van der Waals surface area (Å²) < 4.78 is 10.7. The summed E-state index contributed by atoms with van der Waals surface area (Å²) in [5.41, 5.74) is 9.82. The van der Waals surface area contributed by atoms with Gasteiger partial charge in [-0.3, -0.25) is 4.79 Å². The maximum absolute atomic E-state index is 12.6. The molecule has 1 atom stereocenters. The van der Waals surface area contributed by atoms with Crippen LogP contribution in [-0.2, 0) is 0 Å². The van der Waals surface area contributed by atoms with Crippen molar-refractivity contribution in [3.05, 3.63) is 52.6 Å². The van der Waals surface area contributed by atoms with Gasteiger partial charge in [-0.2, -0.15) is 0 Å². The van der Waals surface area contributed by atoms with E-state index in [0.29, 0.717) is 22.7 Å². The molecule has 0 fully saturated rings. The molecule has 2 aromatic carbocycles. The molecule has 0 aliphatic heterocycles. The fourth-order valence-corrected chi connectivity index (χ4v) is 2.70. The summed E-state index contributed by atoms with van der Waals surface area (Å²) in [6.45, 7) is 5.81. The van der Waals surface area contributed by atoms with Crippen molar-refractivity contribution in [2.24, 2.45) is 0 Å². The van der Waals surface area contributed by atoms with E-state index in [0.717, 1.165) is 16.7 Å². The summed E-state index contributed by atoms with van der Waals surface area (Å²) in [4.78, 5) is 12.6. The quantitative estimate of drug-likeness (QED) is 0.791. The van der Waals surface area contributed by atoms with Gasteiger partial charge in [-0.25, -0.2) is 0 Å². The molecule has 1 amide bonds. The fraction of sp³-hybridized carbons (Fsp3) is 0.316. The van der Waals surface area contributed by atoms with E-state index in [4.69, 9.17) is 15.2 Å². The van der Waals surface area contributed by atoms with E-state index in [1.807, 2.05) is 39.0 Å². The Labute approximate surface area is 154 Å². The molecule has 2 rings (SSSR count). The average Bonchev–Trinajstić information content (AvgIpc) is 2.56. The summed E-state index contributed by atoms with van der Waals surface area (Å²) >= 11 is 0. The molecular weight excluding hydrogens is 340 g/mol. The normalized spacial score (nSPS) is 11.2. The third-order valence-corrected chi connectivity index (χ3v) is 4.09. The molecule has 0 radical (unpaired) electrons. The van der Waals surface area contributed by atoms with Crippen molar-refractivity contribution in [2.45, 2.75) is 26.8 Å². The van der Waals surface area contributed by atoms with Crippen molar-refractivity contribution in [2.75, 3.05) is 20.0 Å². The maximum Gasteiger partial charge on any atom is 0.252 e. The number of hydrogen-bond donors (Lipinski definition) is 2. The van der Waals surface area contributed by atoms with Gasteiger partial charge in [0.25, 0.3) is 5.91 Å². The lowest BCUT2D eigenvalue weighted by atomic mass is 10.0. The van der Waals surface area contributed by atoms with E-state index in [-0.39, 0.29) is 24.4 Å². The molecule has 0 aromatic heterocycles. The zero-order valence-corrected chi connectivity index (χ0v) is 16.0. The number of carbonyl (C=O) groups excluding carboxylic acids is 1. The molecule has 0 saturated heterocycles. The predicted molar refractivity (Wildman–Crippen MR) is 103 cm³/mol. The predicted octanol–water partition coefficient (Wildman–Crippen LogP) is 3.82. The van der Waals surface area contributed by atoms with Crippen LogP contribution in [0.3, 0.4) is 0 Å². The first-order valence-electron chi connectivity index (χ1n) is 7.76. The summed E-state index contributed by atoms with van der Waals surface area (Å²) in [5.74, 6) is 1.16. The molecule has 0 saturated carbocycles. The van der Waals surface area contributed by atoms with E-state index in [9.17, 15) is 4.79 Å². The number of aryl methyl sites for hydroxylation is 2. The molecule has 2 aromatic rings. The highest BCUT2D eigenvalue weighted by Crippen LogP contribution is 2.33. The summed E-state index contributed by atoms with van der Waals surface area (Å²) in [7, 11) is 3.20. The molecule has 0 aliphatic rings. The minimum Gasteiger partial charge on any atom is -0.493 e. The Morgan fingerprint density at radius 3 is 2.24 bits per heavy atom. The fourth-order valence-electron chi connectivity index (χ4n) is 2.70. The van der Waals surface area contributed by atoms with Crippen LogP contribution < -0.4 is 20.5 Å². The van der Waals surface area contributed by atoms with E-state index in [1.54, 1.807) is 26.4 Å². The van der Waals surface area contributed by atoms with Crippen LogP contribution in [0.15, 0.2) is 30.3 Å². The number of nitrogen functional groups attached to an aromatic ring is 1. The molecule has 3 N–H and O–H groups in total.